The van der Waals surface area contributed by atoms with Gasteiger partial charge in [0.1, 0.15) is 0 Å². The van der Waals surface area contributed by atoms with Gasteiger partial charge >= 0.3 is 5.97 Å². The Hall–Kier alpha value is -2.36. The van der Waals surface area contributed by atoms with Gasteiger partial charge in [-0.05, 0) is 19.1 Å². The van der Waals surface area contributed by atoms with Crippen molar-refractivity contribution in [1.82, 2.24) is 4.57 Å². The molecule has 2 aromatic rings. The number of hydrogen-bond acceptors (Lipinski definition) is 3. The molecular formula is C16H17NO3. The van der Waals surface area contributed by atoms with Crippen LogP contribution in [0.25, 0.3) is 0 Å². The maximum Gasteiger partial charge on any atom is 0.314 e. The summed E-state index contributed by atoms with van der Waals surface area (Å²) < 4.78 is 6.49. The minimum Gasteiger partial charge on any atom is -0.469 e. The van der Waals surface area contributed by atoms with E-state index in [1.165, 1.54) is 7.11 Å². The van der Waals surface area contributed by atoms with Crippen LogP contribution in [0.1, 0.15) is 34.6 Å². The molecule has 1 aromatic carbocycles. The van der Waals surface area contributed by atoms with E-state index in [1.807, 2.05) is 18.2 Å². The monoisotopic (exact) mass is 271 g/mol. The smallest absolute Gasteiger partial charge is 0.314 e. The number of methoxy groups -OCH3 is 1. The first-order chi connectivity index (χ1) is 9.56. The van der Waals surface area contributed by atoms with Crippen LogP contribution in [0.4, 0.5) is 0 Å². The van der Waals surface area contributed by atoms with E-state index in [2.05, 4.69) is 0 Å². The zero-order valence-electron chi connectivity index (χ0n) is 11.8. The van der Waals surface area contributed by atoms with E-state index in [-0.39, 0.29) is 11.8 Å². The third kappa shape index (κ3) is 2.50. The summed E-state index contributed by atoms with van der Waals surface area (Å²) in [6.45, 7) is 1.76. The highest BCUT2D eigenvalue weighted by Crippen LogP contribution is 2.21. The molecular weight excluding hydrogens is 254 g/mol. The number of nitrogens with zero attached hydrogens (tertiary/aromatic N) is 1. The van der Waals surface area contributed by atoms with Crippen molar-refractivity contribution in [1.29, 1.82) is 0 Å². The summed E-state index contributed by atoms with van der Waals surface area (Å²) in [6, 6.07) is 12.6. The molecule has 0 saturated carbocycles. The molecule has 0 saturated heterocycles. The fraction of sp³-hybridized carbons (Fsp3) is 0.250. The van der Waals surface area contributed by atoms with Gasteiger partial charge in [-0.25, -0.2) is 0 Å². The van der Waals surface area contributed by atoms with E-state index in [4.69, 9.17) is 4.74 Å². The maximum atomic E-state index is 12.4. The number of esters is 1. The Labute approximate surface area is 118 Å². The summed E-state index contributed by atoms with van der Waals surface area (Å²) in [5, 5.41) is 0. The summed E-state index contributed by atoms with van der Waals surface area (Å²) in [7, 11) is 3.14. The van der Waals surface area contributed by atoms with Crippen molar-refractivity contribution in [3.8, 4) is 0 Å². The molecule has 0 radical (unpaired) electrons. The Bertz CT molecular complexity index is 628. The second-order valence-electron chi connectivity index (χ2n) is 4.64. The predicted octanol–water partition coefficient (Wildman–Crippen LogP) is 2.53. The molecule has 104 valence electrons. The number of ether oxygens (including phenoxy) is 1. The fourth-order valence-electron chi connectivity index (χ4n) is 2.22. The van der Waals surface area contributed by atoms with Gasteiger partial charge in [-0.15, -0.1) is 0 Å². The molecule has 1 atom stereocenters. The lowest BCUT2D eigenvalue weighted by atomic mass is 10.1. The highest BCUT2D eigenvalue weighted by atomic mass is 16.5. The van der Waals surface area contributed by atoms with Crippen molar-refractivity contribution in [2.45, 2.75) is 12.8 Å². The van der Waals surface area contributed by atoms with E-state index >= 15 is 0 Å². The van der Waals surface area contributed by atoms with Crippen molar-refractivity contribution >= 4 is 11.8 Å². The molecule has 0 fully saturated rings. The van der Waals surface area contributed by atoms with Crippen LogP contribution in [0.2, 0.25) is 0 Å². The molecule has 20 heavy (non-hydrogen) atoms. The molecule has 1 heterocycles. The third-order valence-electron chi connectivity index (χ3n) is 3.43. The molecule has 0 N–H and O–H groups in total. The number of aromatic nitrogens is 1. The first-order valence-corrected chi connectivity index (χ1v) is 6.39. The van der Waals surface area contributed by atoms with Gasteiger partial charge in [0.25, 0.3) is 0 Å². The normalized spacial score (nSPS) is 11.9. The van der Waals surface area contributed by atoms with Crippen LogP contribution in [-0.4, -0.2) is 23.4 Å². The highest BCUT2D eigenvalue weighted by molar-refractivity contribution is 6.08. The van der Waals surface area contributed by atoms with Gasteiger partial charge in [-0.1, -0.05) is 30.3 Å². The number of ketones is 1. The molecule has 0 aliphatic rings. The first kappa shape index (κ1) is 14.1. The predicted molar refractivity (Wildman–Crippen MR) is 75.7 cm³/mol. The van der Waals surface area contributed by atoms with Crippen LogP contribution in [0.3, 0.4) is 0 Å². The van der Waals surface area contributed by atoms with Crippen molar-refractivity contribution in [2.75, 3.05) is 7.11 Å². The Balaban J connectivity index is 2.34. The highest BCUT2D eigenvalue weighted by Gasteiger charge is 2.22. The lowest BCUT2D eigenvalue weighted by Gasteiger charge is -2.12. The Morgan fingerprint density at radius 3 is 2.35 bits per heavy atom. The van der Waals surface area contributed by atoms with Gasteiger partial charge in [0, 0.05) is 18.3 Å². The number of benzene rings is 1. The van der Waals surface area contributed by atoms with E-state index in [9.17, 15) is 9.59 Å². The van der Waals surface area contributed by atoms with Crippen molar-refractivity contribution in [2.24, 2.45) is 7.05 Å². The SMILES string of the molecule is COC(=O)[C@H](C)c1ccc(C(=O)c2ccccc2)n1C. The lowest BCUT2D eigenvalue weighted by Crippen LogP contribution is -2.16. The van der Waals surface area contributed by atoms with Crippen molar-refractivity contribution in [3.63, 3.8) is 0 Å². The summed E-state index contributed by atoms with van der Waals surface area (Å²) in [5.74, 6) is -0.774. The number of rotatable bonds is 4. The van der Waals surface area contributed by atoms with Crippen LogP contribution in [0, 0.1) is 0 Å². The molecule has 0 bridgehead atoms. The standard InChI is InChI=1S/C16H17NO3/c1-11(16(19)20-3)13-9-10-14(17(13)2)15(18)12-7-5-4-6-8-12/h4-11H,1-3H3/t11-/m1/s1. The summed E-state index contributed by atoms with van der Waals surface area (Å²) in [5.41, 5.74) is 1.95. The van der Waals surface area contributed by atoms with Crippen LogP contribution in [0.5, 0.6) is 0 Å². The maximum absolute atomic E-state index is 12.4. The van der Waals surface area contributed by atoms with E-state index < -0.39 is 5.92 Å². The van der Waals surface area contributed by atoms with Crippen LogP contribution in [-0.2, 0) is 16.6 Å². The minimum absolute atomic E-state index is 0.0589. The Morgan fingerprint density at radius 1 is 1.10 bits per heavy atom. The van der Waals surface area contributed by atoms with Crippen molar-refractivity contribution < 1.29 is 14.3 Å². The summed E-state index contributed by atoms with van der Waals surface area (Å²) >= 11 is 0. The molecule has 0 aliphatic carbocycles. The largest absolute Gasteiger partial charge is 0.469 e. The van der Waals surface area contributed by atoms with Gasteiger partial charge in [-0.2, -0.15) is 0 Å². The summed E-state index contributed by atoms with van der Waals surface area (Å²) in [4.78, 5) is 24.0. The van der Waals surface area contributed by atoms with E-state index in [1.54, 1.807) is 42.8 Å². The van der Waals surface area contributed by atoms with Crippen LogP contribution in [0.15, 0.2) is 42.5 Å². The number of carbonyl (C=O) groups excluding carboxylic acids is 2. The molecule has 0 amide bonds. The van der Waals surface area contributed by atoms with E-state index in [0.717, 1.165) is 5.69 Å². The van der Waals surface area contributed by atoms with E-state index in [0.29, 0.717) is 11.3 Å². The molecule has 0 aliphatic heterocycles. The molecule has 4 heteroatoms. The second kappa shape index (κ2) is 5.74. The molecule has 0 unspecified atom stereocenters. The second-order valence-corrected chi connectivity index (χ2v) is 4.64. The molecule has 0 spiro atoms. The van der Waals surface area contributed by atoms with Gasteiger partial charge in [0.15, 0.2) is 0 Å². The zero-order valence-corrected chi connectivity index (χ0v) is 11.8. The first-order valence-electron chi connectivity index (χ1n) is 6.39. The van der Waals surface area contributed by atoms with Gasteiger partial charge < -0.3 is 9.30 Å². The third-order valence-corrected chi connectivity index (χ3v) is 3.43. The lowest BCUT2D eigenvalue weighted by molar-refractivity contribution is -0.142. The quantitative estimate of drug-likeness (QED) is 0.634. The minimum atomic E-state index is -0.401. The summed E-state index contributed by atoms with van der Waals surface area (Å²) in [6.07, 6.45) is 0. The molecule has 2 rings (SSSR count). The zero-order chi connectivity index (χ0) is 14.7. The molecule has 4 nitrogen and oxygen atoms in total. The Kier molecular flexibility index (Phi) is 4.03. The van der Waals surface area contributed by atoms with Crippen molar-refractivity contribution in [3.05, 3.63) is 59.4 Å². The number of hydrogen-bond donors (Lipinski definition) is 0. The Morgan fingerprint density at radius 2 is 1.75 bits per heavy atom. The van der Waals surface area contributed by atoms with Crippen LogP contribution < -0.4 is 0 Å². The topological polar surface area (TPSA) is 48.3 Å². The average Bonchev–Trinajstić information content (AvgIpc) is 2.87. The van der Waals surface area contributed by atoms with Gasteiger partial charge in [0.2, 0.25) is 5.78 Å². The number of carbonyl (C=O) groups is 2. The van der Waals surface area contributed by atoms with Crippen LogP contribution >= 0.6 is 0 Å². The fourth-order valence-corrected chi connectivity index (χ4v) is 2.22. The van der Waals surface area contributed by atoms with Gasteiger partial charge in [0.05, 0.1) is 18.7 Å². The average molecular weight is 271 g/mol. The van der Waals surface area contributed by atoms with Gasteiger partial charge in [-0.3, -0.25) is 9.59 Å². The molecule has 1 aromatic heterocycles.